The number of nitrogens with zero attached hydrogens (tertiary/aromatic N) is 1. The second-order valence-electron chi connectivity index (χ2n) is 3.97. The molecule has 0 spiro atoms. The van der Waals surface area contributed by atoms with Crippen LogP contribution in [0.3, 0.4) is 0 Å². The Bertz CT molecular complexity index is 280. The lowest BCUT2D eigenvalue weighted by Gasteiger charge is -2.37. The summed E-state index contributed by atoms with van der Waals surface area (Å²) < 4.78 is 9.18. The molecule has 6 heteroatoms. The molecule has 92 valence electrons. The Morgan fingerprint density at radius 3 is 2.38 bits per heavy atom. The number of likely N-dealkylation sites (tertiary alicyclic amines) is 1. The van der Waals surface area contributed by atoms with E-state index in [0.717, 1.165) is 0 Å². The maximum Gasteiger partial charge on any atom is 0.409 e. The fraction of sp³-hybridized carbons (Fsp3) is 0.800. The minimum Gasteiger partial charge on any atom is -0.469 e. The molecule has 3 unspecified atom stereocenters. The largest absolute Gasteiger partial charge is 0.469 e. The Hall–Kier alpha value is -1.30. The number of carbonyl (C=O) groups excluding carboxylic acids is 2. The third-order valence-corrected chi connectivity index (χ3v) is 2.86. The molecule has 0 aromatic heterocycles. The van der Waals surface area contributed by atoms with Crippen LogP contribution in [0.5, 0.6) is 0 Å². The normalized spacial score (nSPS) is 29.8. The van der Waals surface area contributed by atoms with Gasteiger partial charge in [0, 0.05) is 19.0 Å². The number of methoxy groups -OCH3 is 2. The van der Waals surface area contributed by atoms with Gasteiger partial charge in [-0.25, -0.2) is 4.79 Å². The summed E-state index contributed by atoms with van der Waals surface area (Å²) in [7, 11) is 2.54. The van der Waals surface area contributed by atoms with E-state index in [1.54, 1.807) is 6.92 Å². The fourth-order valence-electron chi connectivity index (χ4n) is 1.92. The molecule has 1 amide bonds. The summed E-state index contributed by atoms with van der Waals surface area (Å²) in [6, 6.07) is 0. The number of piperidine rings is 1. The summed E-state index contributed by atoms with van der Waals surface area (Å²) >= 11 is 0. The molecule has 3 atom stereocenters. The van der Waals surface area contributed by atoms with E-state index >= 15 is 0 Å². The second-order valence-corrected chi connectivity index (χ2v) is 3.97. The zero-order chi connectivity index (χ0) is 12.3. The molecule has 0 aromatic rings. The van der Waals surface area contributed by atoms with Crippen molar-refractivity contribution in [2.24, 2.45) is 11.8 Å². The highest BCUT2D eigenvalue weighted by molar-refractivity contribution is 5.75. The maximum atomic E-state index is 11.4. The van der Waals surface area contributed by atoms with E-state index in [4.69, 9.17) is 0 Å². The van der Waals surface area contributed by atoms with Crippen LogP contribution in [0.2, 0.25) is 0 Å². The lowest BCUT2D eigenvalue weighted by atomic mass is 9.87. The van der Waals surface area contributed by atoms with Crippen LogP contribution in [0.1, 0.15) is 6.92 Å². The van der Waals surface area contributed by atoms with E-state index in [1.807, 2.05) is 0 Å². The maximum absolute atomic E-state index is 11.4. The topological polar surface area (TPSA) is 76.1 Å². The van der Waals surface area contributed by atoms with Gasteiger partial charge in [-0.3, -0.25) is 4.79 Å². The minimum atomic E-state index is -0.784. The third kappa shape index (κ3) is 2.44. The van der Waals surface area contributed by atoms with E-state index in [-0.39, 0.29) is 12.5 Å². The number of ether oxygens (including phenoxy) is 2. The number of hydrogen-bond acceptors (Lipinski definition) is 5. The summed E-state index contributed by atoms with van der Waals surface area (Å²) in [4.78, 5) is 24.2. The van der Waals surface area contributed by atoms with Crippen molar-refractivity contribution in [3.8, 4) is 0 Å². The van der Waals surface area contributed by atoms with Crippen molar-refractivity contribution in [2.75, 3.05) is 27.3 Å². The molecule has 0 aromatic carbocycles. The van der Waals surface area contributed by atoms with Crippen molar-refractivity contribution in [1.82, 2.24) is 4.90 Å². The number of hydrogen-bond donors (Lipinski definition) is 1. The lowest BCUT2D eigenvalue weighted by molar-refractivity contribution is -0.154. The van der Waals surface area contributed by atoms with Gasteiger partial charge < -0.3 is 19.5 Å². The molecule has 0 saturated carbocycles. The summed E-state index contributed by atoms with van der Waals surface area (Å²) in [5, 5.41) is 9.83. The molecular formula is C10H17NO5. The van der Waals surface area contributed by atoms with Gasteiger partial charge in [0.1, 0.15) is 5.92 Å². The fourth-order valence-corrected chi connectivity index (χ4v) is 1.92. The smallest absolute Gasteiger partial charge is 0.409 e. The van der Waals surface area contributed by atoms with E-state index in [1.165, 1.54) is 19.1 Å². The standard InChI is InChI=1S/C10H17NO5/c1-6-4-11(10(14)16-3)5-7(8(6)12)9(13)15-2/h6-8,12H,4-5H2,1-3H3. The molecule has 0 radical (unpaired) electrons. The first-order valence-electron chi connectivity index (χ1n) is 5.10. The summed E-state index contributed by atoms with van der Waals surface area (Å²) in [6.45, 7) is 2.28. The van der Waals surface area contributed by atoms with Gasteiger partial charge >= 0.3 is 12.1 Å². The predicted molar refractivity (Wildman–Crippen MR) is 54.7 cm³/mol. The molecule has 1 fully saturated rings. The van der Waals surface area contributed by atoms with Gasteiger partial charge in [-0.05, 0) is 0 Å². The van der Waals surface area contributed by atoms with Gasteiger partial charge in [-0.2, -0.15) is 0 Å². The van der Waals surface area contributed by atoms with Crippen LogP contribution < -0.4 is 0 Å². The van der Waals surface area contributed by atoms with Crippen LogP contribution in [0, 0.1) is 11.8 Å². The van der Waals surface area contributed by atoms with Gasteiger partial charge in [-0.1, -0.05) is 6.92 Å². The van der Waals surface area contributed by atoms with Gasteiger partial charge in [0.15, 0.2) is 0 Å². The Balaban J connectivity index is 2.76. The molecule has 16 heavy (non-hydrogen) atoms. The van der Waals surface area contributed by atoms with E-state index in [0.29, 0.717) is 6.54 Å². The average molecular weight is 231 g/mol. The number of aliphatic hydroxyl groups excluding tert-OH is 1. The molecule has 1 aliphatic heterocycles. The molecule has 1 saturated heterocycles. The lowest BCUT2D eigenvalue weighted by Crippen LogP contribution is -2.53. The molecule has 6 nitrogen and oxygen atoms in total. The van der Waals surface area contributed by atoms with Crippen molar-refractivity contribution in [1.29, 1.82) is 0 Å². The van der Waals surface area contributed by atoms with Crippen LogP contribution in [0.4, 0.5) is 4.79 Å². The quantitative estimate of drug-likeness (QED) is 0.635. The number of aliphatic hydroxyl groups is 1. The Morgan fingerprint density at radius 2 is 1.88 bits per heavy atom. The Kier molecular flexibility index (Phi) is 4.12. The second kappa shape index (κ2) is 5.16. The van der Waals surface area contributed by atoms with Crippen LogP contribution in [-0.2, 0) is 14.3 Å². The highest BCUT2D eigenvalue weighted by atomic mass is 16.5. The van der Waals surface area contributed by atoms with E-state index in [2.05, 4.69) is 9.47 Å². The number of esters is 1. The average Bonchev–Trinajstić information content (AvgIpc) is 2.30. The summed E-state index contributed by atoms with van der Waals surface area (Å²) in [6.07, 6.45) is -1.28. The highest BCUT2D eigenvalue weighted by Gasteiger charge is 2.40. The first-order valence-corrected chi connectivity index (χ1v) is 5.10. The third-order valence-electron chi connectivity index (χ3n) is 2.86. The van der Waals surface area contributed by atoms with Crippen LogP contribution in [-0.4, -0.2) is 55.5 Å². The zero-order valence-corrected chi connectivity index (χ0v) is 9.67. The molecule has 0 bridgehead atoms. The van der Waals surface area contributed by atoms with Crippen molar-refractivity contribution in [2.45, 2.75) is 13.0 Å². The van der Waals surface area contributed by atoms with Crippen molar-refractivity contribution in [3.05, 3.63) is 0 Å². The van der Waals surface area contributed by atoms with Crippen molar-refractivity contribution >= 4 is 12.1 Å². The minimum absolute atomic E-state index is 0.130. The van der Waals surface area contributed by atoms with Gasteiger partial charge in [0.25, 0.3) is 0 Å². The van der Waals surface area contributed by atoms with Crippen molar-refractivity contribution < 1.29 is 24.2 Å². The molecule has 1 heterocycles. The monoisotopic (exact) mass is 231 g/mol. The van der Waals surface area contributed by atoms with Crippen LogP contribution >= 0.6 is 0 Å². The zero-order valence-electron chi connectivity index (χ0n) is 9.67. The van der Waals surface area contributed by atoms with E-state index < -0.39 is 24.1 Å². The number of amides is 1. The summed E-state index contributed by atoms with van der Waals surface area (Å²) in [5.41, 5.74) is 0. The van der Waals surface area contributed by atoms with Gasteiger partial charge in [0.2, 0.25) is 0 Å². The van der Waals surface area contributed by atoms with E-state index in [9.17, 15) is 14.7 Å². The number of rotatable bonds is 1. The molecule has 1 aliphatic rings. The number of carbonyl (C=O) groups is 2. The van der Waals surface area contributed by atoms with Gasteiger partial charge in [0.05, 0.1) is 20.3 Å². The molecular weight excluding hydrogens is 214 g/mol. The summed E-state index contributed by atoms with van der Waals surface area (Å²) in [5.74, 6) is -1.39. The van der Waals surface area contributed by atoms with Crippen LogP contribution in [0.25, 0.3) is 0 Å². The Morgan fingerprint density at radius 1 is 1.25 bits per heavy atom. The molecule has 1 rings (SSSR count). The predicted octanol–water partition coefficient (Wildman–Crippen LogP) is -0.145. The molecule has 1 N–H and O–H groups in total. The first-order chi connectivity index (χ1) is 7.51. The van der Waals surface area contributed by atoms with Gasteiger partial charge in [-0.15, -0.1) is 0 Å². The highest BCUT2D eigenvalue weighted by Crippen LogP contribution is 2.23. The van der Waals surface area contributed by atoms with Crippen molar-refractivity contribution in [3.63, 3.8) is 0 Å². The Labute approximate surface area is 94.1 Å². The first kappa shape index (κ1) is 12.8. The SMILES string of the molecule is COC(=O)C1CN(C(=O)OC)CC(C)C1O. The molecule has 0 aliphatic carbocycles. The van der Waals surface area contributed by atoms with Crippen LogP contribution in [0.15, 0.2) is 0 Å².